The van der Waals surface area contributed by atoms with Crippen molar-refractivity contribution in [1.82, 2.24) is 0 Å². The standard InChI is InChI=1S/C13H17BrN2O2/c1-2-18-11-7-13(8-11,12(15)17)16-10-5-3-9(14)4-6-10/h3-6,11,16H,2,7-8H2,1H3,(H2,15,17). The minimum absolute atomic E-state index is 0.130. The zero-order chi connectivity index (χ0) is 13.2. The van der Waals surface area contributed by atoms with E-state index < -0.39 is 5.54 Å². The van der Waals surface area contributed by atoms with Crippen LogP contribution < -0.4 is 11.1 Å². The Kier molecular flexibility index (Phi) is 3.92. The molecule has 1 amide bonds. The van der Waals surface area contributed by atoms with Crippen LogP contribution in [0, 0.1) is 0 Å². The molecule has 0 radical (unpaired) electrons. The van der Waals surface area contributed by atoms with Gasteiger partial charge in [0.25, 0.3) is 0 Å². The summed E-state index contributed by atoms with van der Waals surface area (Å²) >= 11 is 3.38. The van der Waals surface area contributed by atoms with Crippen molar-refractivity contribution in [2.75, 3.05) is 11.9 Å². The molecule has 1 aromatic carbocycles. The smallest absolute Gasteiger partial charge is 0.243 e. The molecule has 1 aliphatic carbocycles. The summed E-state index contributed by atoms with van der Waals surface area (Å²) in [5.74, 6) is -0.318. The monoisotopic (exact) mass is 312 g/mol. The van der Waals surface area contributed by atoms with Crippen LogP contribution in [0.5, 0.6) is 0 Å². The first-order chi connectivity index (χ1) is 8.55. The highest BCUT2D eigenvalue weighted by Crippen LogP contribution is 2.37. The summed E-state index contributed by atoms with van der Waals surface area (Å²) in [6.45, 7) is 2.62. The summed E-state index contributed by atoms with van der Waals surface area (Å²) in [5.41, 5.74) is 5.74. The highest BCUT2D eigenvalue weighted by Gasteiger charge is 2.49. The Hall–Kier alpha value is -1.07. The first-order valence-corrected chi connectivity index (χ1v) is 6.80. The van der Waals surface area contributed by atoms with E-state index in [1.54, 1.807) is 0 Å². The number of hydrogen-bond acceptors (Lipinski definition) is 3. The summed E-state index contributed by atoms with van der Waals surface area (Å²) in [4.78, 5) is 11.6. The third-order valence-electron chi connectivity index (χ3n) is 3.25. The second-order valence-electron chi connectivity index (χ2n) is 4.56. The first kappa shape index (κ1) is 13.4. The molecule has 0 saturated heterocycles. The Balaban J connectivity index is 2.05. The first-order valence-electron chi connectivity index (χ1n) is 6.01. The maximum atomic E-state index is 11.6. The lowest BCUT2D eigenvalue weighted by Gasteiger charge is -2.45. The van der Waals surface area contributed by atoms with E-state index in [0.29, 0.717) is 19.4 Å². The predicted molar refractivity (Wildman–Crippen MR) is 74.3 cm³/mol. The molecule has 1 fully saturated rings. The number of amides is 1. The van der Waals surface area contributed by atoms with E-state index in [4.69, 9.17) is 10.5 Å². The van der Waals surface area contributed by atoms with Gasteiger partial charge in [0.15, 0.2) is 0 Å². The highest BCUT2D eigenvalue weighted by molar-refractivity contribution is 9.10. The van der Waals surface area contributed by atoms with Crippen molar-refractivity contribution >= 4 is 27.5 Å². The number of carbonyl (C=O) groups excluding carboxylic acids is 1. The number of rotatable bonds is 5. The number of halogens is 1. The van der Waals surface area contributed by atoms with Gasteiger partial charge in [0.2, 0.25) is 5.91 Å². The SMILES string of the molecule is CCOC1CC(Nc2ccc(Br)cc2)(C(N)=O)C1. The predicted octanol–water partition coefficient (Wildman–Crippen LogP) is 2.28. The number of ether oxygens (including phenoxy) is 1. The van der Waals surface area contributed by atoms with E-state index in [1.165, 1.54) is 0 Å². The molecule has 0 unspecified atom stereocenters. The van der Waals surface area contributed by atoms with Crippen molar-refractivity contribution < 1.29 is 9.53 Å². The molecule has 1 aromatic rings. The van der Waals surface area contributed by atoms with Crippen molar-refractivity contribution in [2.24, 2.45) is 5.73 Å². The minimum Gasteiger partial charge on any atom is -0.378 e. The number of carbonyl (C=O) groups is 1. The van der Waals surface area contributed by atoms with Gasteiger partial charge in [-0.1, -0.05) is 15.9 Å². The van der Waals surface area contributed by atoms with Gasteiger partial charge in [0, 0.05) is 29.6 Å². The number of primary amides is 1. The average Bonchev–Trinajstić information content (AvgIpc) is 2.28. The van der Waals surface area contributed by atoms with Crippen molar-refractivity contribution in [1.29, 1.82) is 0 Å². The molecule has 1 aliphatic rings. The molecule has 0 heterocycles. The van der Waals surface area contributed by atoms with E-state index in [-0.39, 0.29) is 12.0 Å². The Labute approximate surface area is 115 Å². The fourth-order valence-corrected chi connectivity index (χ4v) is 2.51. The van der Waals surface area contributed by atoms with E-state index in [0.717, 1.165) is 10.2 Å². The molecule has 0 aliphatic heterocycles. The van der Waals surface area contributed by atoms with Crippen LogP contribution in [0.2, 0.25) is 0 Å². The molecule has 0 atom stereocenters. The van der Waals surface area contributed by atoms with Crippen LogP contribution in [-0.4, -0.2) is 24.2 Å². The number of hydrogen-bond donors (Lipinski definition) is 2. The highest BCUT2D eigenvalue weighted by atomic mass is 79.9. The van der Waals surface area contributed by atoms with Crippen molar-refractivity contribution in [3.63, 3.8) is 0 Å². The van der Waals surface area contributed by atoms with Gasteiger partial charge in [-0.05, 0) is 31.2 Å². The lowest BCUT2D eigenvalue weighted by molar-refractivity contribution is -0.131. The molecular formula is C13H17BrN2O2. The molecule has 98 valence electrons. The van der Waals surface area contributed by atoms with E-state index in [2.05, 4.69) is 21.2 Å². The van der Waals surface area contributed by atoms with Gasteiger partial charge < -0.3 is 15.8 Å². The molecule has 5 heteroatoms. The molecule has 18 heavy (non-hydrogen) atoms. The normalized spacial score (nSPS) is 26.4. The topological polar surface area (TPSA) is 64.3 Å². The second-order valence-corrected chi connectivity index (χ2v) is 5.48. The molecule has 0 bridgehead atoms. The van der Waals surface area contributed by atoms with Crippen LogP contribution in [0.1, 0.15) is 19.8 Å². The maximum Gasteiger partial charge on any atom is 0.243 e. The van der Waals surface area contributed by atoms with Crippen molar-refractivity contribution in [2.45, 2.75) is 31.4 Å². The molecular weight excluding hydrogens is 296 g/mol. The second kappa shape index (κ2) is 5.28. The van der Waals surface area contributed by atoms with Gasteiger partial charge in [0.1, 0.15) is 5.54 Å². The van der Waals surface area contributed by atoms with Crippen molar-refractivity contribution in [3.05, 3.63) is 28.7 Å². The molecule has 3 N–H and O–H groups in total. The number of anilines is 1. The van der Waals surface area contributed by atoms with Crippen LogP contribution in [0.15, 0.2) is 28.7 Å². The van der Waals surface area contributed by atoms with Gasteiger partial charge >= 0.3 is 0 Å². The summed E-state index contributed by atoms with van der Waals surface area (Å²) < 4.78 is 6.49. The van der Waals surface area contributed by atoms with E-state index in [9.17, 15) is 4.79 Å². The summed E-state index contributed by atoms with van der Waals surface area (Å²) in [6, 6.07) is 7.69. The third-order valence-corrected chi connectivity index (χ3v) is 3.78. The zero-order valence-corrected chi connectivity index (χ0v) is 11.9. The number of nitrogens with two attached hydrogens (primary N) is 1. The van der Waals surface area contributed by atoms with Crippen LogP contribution in [0.3, 0.4) is 0 Å². The molecule has 0 spiro atoms. The van der Waals surface area contributed by atoms with Crippen LogP contribution in [0.4, 0.5) is 5.69 Å². The Bertz CT molecular complexity index is 427. The quantitative estimate of drug-likeness (QED) is 0.876. The van der Waals surface area contributed by atoms with Crippen LogP contribution >= 0.6 is 15.9 Å². The van der Waals surface area contributed by atoms with Crippen LogP contribution in [0.25, 0.3) is 0 Å². The fraction of sp³-hybridized carbons (Fsp3) is 0.462. The average molecular weight is 313 g/mol. The molecule has 0 aromatic heterocycles. The summed E-state index contributed by atoms with van der Waals surface area (Å²) in [5, 5.41) is 3.23. The molecule has 1 saturated carbocycles. The largest absolute Gasteiger partial charge is 0.378 e. The zero-order valence-electron chi connectivity index (χ0n) is 10.3. The van der Waals surface area contributed by atoms with Gasteiger partial charge in [-0.2, -0.15) is 0 Å². The maximum absolute atomic E-state index is 11.6. The number of nitrogens with one attached hydrogen (secondary N) is 1. The Morgan fingerprint density at radius 1 is 1.50 bits per heavy atom. The Morgan fingerprint density at radius 2 is 2.11 bits per heavy atom. The lowest BCUT2D eigenvalue weighted by Crippen LogP contribution is -2.61. The third kappa shape index (κ3) is 2.67. The molecule has 4 nitrogen and oxygen atoms in total. The van der Waals surface area contributed by atoms with Gasteiger partial charge in [-0.25, -0.2) is 0 Å². The minimum atomic E-state index is -0.659. The summed E-state index contributed by atoms with van der Waals surface area (Å²) in [7, 11) is 0. The lowest BCUT2D eigenvalue weighted by atomic mass is 9.73. The van der Waals surface area contributed by atoms with E-state index in [1.807, 2.05) is 31.2 Å². The van der Waals surface area contributed by atoms with Gasteiger partial charge in [0.05, 0.1) is 6.10 Å². The molecule has 2 rings (SSSR count). The summed E-state index contributed by atoms with van der Waals surface area (Å²) in [6.07, 6.45) is 1.39. The number of benzene rings is 1. The van der Waals surface area contributed by atoms with Gasteiger partial charge in [-0.3, -0.25) is 4.79 Å². The fourth-order valence-electron chi connectivity index (χ4n) is 2.25. The van der Waals surface area contributed by atoms with Crippen molar-refractivity contribution in [3.8, 4) is 0 Å². The van der Waals surface area contributed by atoms with Crippen LogP contribution in [-0.2, 0) is 9.53 Å². The van der Waals surface area contributed by atoms with Gasteiger partial charge in [-0.15, -0.1) is 0 Å². The van der Waals surface area contributed by atoms with E-state index >= 15 is 0 Å². The Morgan fingerprint density at radius 3 is 2.61 bits per heavy atom.